The Morgan fingerprint density at radius 1 is 1.00 bits per heavy atom. The molecule has 0 aromatic heterocycles. The van der Waals surface area contributed by atoms with Crippen molar-refractivity contribution in [3.05, 3.63) is 35.6 Å². The summed E-state index contributed by atoms with van der Waals surface area (Å²) in [6.07, 6.45) is -5.68. The predicted molar refractivity (Wildman–Crippen MR) is 55.1 cm³/mol. The largest absolute Gasteiger partial charge is 0.460 e. The van der Waals surface area contributed by atoms with Crippen molar-refractivity contribution in [3.8, 4) is 0 Å². The lowest BCUT2D eigenvalue weighted by atomic mass is 9.81. The van der Waals surface area contributed by atoms with Gasteiger partial charge in [-0.25, -0.2) is 4.39 Å². The van der Waals surface area contributed by atoms with E-state index in [-0.39, 0.29) is 24.9 Å². The number of rotatable bonds is 2. The fourth-order valence-corrected chi connectivity index (χ4v) is 2.56. The van der Waals surface area contributed by atoms with Gasteiger partial charge in [-0.2, -0.15) is 22.0 Å². The summed E-state index contributed by atoms with van der Waals surface area (Å²) >= 11 is 0. The van der Waals surface area contributed by atoms with Crippen molar-refractivity contribution >= 4 is 0 Å². The van der Waals surface area contributed by atoms with Crippen LogP contribution >= 0.6 is 0 Å². The quantitative estimate of drug-likeness (QED) is 0.804. The molecule has 0 aliphatic carbocycles. The number of quaternary nitrogens is 1. The summed E-state index contributed by atoms with van der Waals surface area (Å²) in [6.45, 7) is 0.184. The molecule has 0 unspecified atom stereocenters. The molecule has 0 bridgehead atoms. The van der Waals surface area contributed by atoms with Crippen LogP contribution in [0.2, 0.25) is 0 Å². The Morgan fingerprint density at radius 3 is 2.00 bits per heavy atom. The summed E-state index contributed by atoms with van der Waals surface area (Å²) in [4.78, 5) is 0. The van der Waals surface area contributed by atoms with E-state index < -0.39 is 23.5 Å². The average molecular weight is 284 g/mol. The van der Waals surface area contributed by atoms with Crippen molar-refractivity contribution in [1.82, 2.24) is 0 Å². The van der Waals surface area contributed by atoms with Crippen molar-refractivity contribution < 1.29 is 31.7 Å². The van der Waals surface area contributed by atoms with Crippen molar-refractivity contribution in [2.45, 2.75) is 30.5 Å². The van der Waals surface area contributed by atoms with Gasteiger partial charge in [-0.05, 0) is 24.3 Å². The zero-order valence-electron chi connectivity index (χ0n) is 9.78. The molecule has 1 atom stereocenters. The van der Waals surface area contributed by atoms with Crippen LogP contribution in [0.25, 0.3) is 0 Å². The van der Waals surface area contributed by atoms with Crippen LogP contribution in [0.4, 0.5) is 26.3 Å². The zero-order chi connectivity index (χ0) is 14.3. The second kappa shape index (κ2) is 4.40. The lowest BCUT2D eigenvalue weighted by Crippen LogP contribution is -2.96. The van der Waals surface area contributed by atoms with E-state index in [1.807, 2.05) is 0 Å². The molecule has 1 aromatic carbocycles. The number of benzene rings is 1. The molecule has 0 radical (unpaired) electrons. The van der Waals surface area contributed by atoms with E-state index in [1.165, 1.54) is 0 Å². The van der Waals surface area contributed by atoms with Gasteiger partial charge in [0.25, 0.3) is 0 Å². The number of halogens is 6. The number of hydrogen-bond donors (Lipinski definition) is 1. The molecule has 0 spiro atoms. The van der Waals surface area contributed by atoms with Crippen molar-refractivity contribution in [2.24, 2.45) is 0 Å². The van der Waals surface area contributed by atoms with Crippen LogP contribution in [-0.2, 0) is 5.54 Å². The molecule has 19 heavy (non-hydrogen) atoms. The Morgan fingerprint density at radius 2 is 1.58 bits per heavy atom. The topological polar surface area (TPSA) is 16.6 Å². The molecule has 2 N–H and O–H groups in total. The van der Waals surface area contributed by atoms with Crippen LogP contribution in [-0.4, -0.2) is 18.6 Å². The van der Waals surface area contributed by atoms with Crippen LogP contribution < -0.4 is 5.32 Å². The summed E-state index contributed by atoms with van der Waals surface area (Å²) in [5.41, 5.74) is -2.59. The Bertz CT molecular complexity index is 444. The van der Waals surface area contributed by atoms with Crippen molar-refractivity contribution in [3.63, 3.8) is 0 Å². The highest BCUT2D eigenvalue weighted by Crippen LogP contribution is 2.49. The molecule has 106 valence electrons. The van der Waals surface area contributed by atoms with Crippen LogP contribution in [0.1, 0.15) is 18.4 Å². The van der Waals surface area contributed by atoms with Crippen LogP contribution in [0.15, 0.2) is 24.3 Å². The third-order valence-corrected chi connectivity index (χ3v) is 3.54. The summed E-state index contributed by atoms with van der Waals surface area (Å²) in [5.74, 6) is -5.54. The minimum Gasteiger partial charge on any atom is -0.332 e. The SMILES string of the molecule is Fc1ccc([C@]2(C(F)(F)C(F)(F)F)CCC[NH2+]2)cc1. The van der Waals surface area contributed by atoms with E-state index in [2.05, 4.69) is 0 Å². The molecule has 1 aromatic rings. The second-order valence-corrected chi connectivity index (χ2v) is 4.65. The highest BCUT2D eigenvalue weighted by atomic mass is 19.4. The van der Waals surface area contributed by atoms with Gasteiger partial charge in [-0.3, -0.25) is 0 Å². The third kappa shape index (κ3) is 2.09. The van der Waals surface area contributed by atoms with Gasteiger partial charge in [0.1, 0.15) is 5.82 Å². The van der Waals surface area contributed by atoms with Gasteiger partial charge in [0, 0.05) is 18.4 Å². The summed E-state index contributed by atoms with van der Waals surface area (Å²) in [5, 5.41) is 1.01. The fourth-order valence-electron chi connectivity index (χ4n) is 2.56. The average Bonchev–Trinajstić information content (AvgIpc) is 2.79. The lowest BCUT2D eigenvalue weighted by molar-refractivity contribution is -0.744. The van der Waals surface area contributed by atoms with Gasteiger partial charge in [0.05, 0.1) is 6.54 Å². The number of nitrogens with two attached hydrogens (primary N) is 1. The molecule has 1 saturated heterocycles. The van der Waals surface area contributed by atoms with E-state index in [1.54, 1.807) is 0 Å². The van der Waals surface area contributed by atoms with E-state index in [4.69, 9.17) is 0 Å². The third-order valence-electron chi connectivity index (χ3n) is 3.54. The summed E-state index contributed by atoms with van der Waals surface area (Å²) < 4.78 is 78.4. The molecule has 0 saturated carbocycles. The van der Waals surface area contributed by atoms with Gasteiger partial charge in [0.15, 0.2) is 5.54 Å². The molecule has 0 amide bonds. The first-order chi connectivity index (χ1) is 8.71. The molecule has 1 heterocycles. The van der Waals surface area contributed by atoms with E-state index in [0.29, 0.717) is 0 Å². The first-order valence-electron chi connectivity index (χ1n) is 5.76. The van der Waals surface area contributed by atoms with Gasteiger partial charge < -0.3 is 5.32 Å². The molecule has 2 rings (SSSR count). The lowest BCUT2D eigenvalue weighted by Gasteiger charge is -2.35. The van der Waals surface area contributed by atoms with Gasteiger partial charge in [-0.15, -0.1) is 0 Å². The van der Waals surface area contributed by atoms with Crippen molar-refractivity contribution in [2.75, 3.05) is 6.54 Å². The first-order valence-corrected chi connectivity index (χ1v) is 5.76. The molecular formula is C12H12F6N+. The summed E-state index contributed by atoms with van der Waals surface area (Å²) in [6, 6.07) is 3.79. The summed E-state index contributed by atoms with van der Waals surface area (Å²) in [7, 11) is 0. The normalized spacial score (nSPS) is 24.7. The molecular weight excluding hydrogens is 272 g/mol. The minimum absolute atomic E-state index is 0.184. The van der Waals surface area contributed by atoms with E-state index in [0.717, 1.165) is 29.6 Å². The standard InChI is InChI=1S/C12H11F6N/c13-9-4-2-8(3-5-9)10(6-1-7-19-10)11(14,15)12(16,17)18/h2-5,19H,1,6-7H2/p+1/t10-/m0/s1. The van der Waals surface area contributed by atoms with Gasteiger partial charge in [-0.1, -0.05) is 0 Å². The van der Waals surface area contributed by atoms with Crippen molar-refractivity contribution in [1.29, 1.82) is 0 Å². The smallest absolute Gasteiger partial charge is 0.332 e. The molecule has 1 aliphatic heterocycles. The van der Waals surface area contributed by atoms with Gasteiger partial charge in [0.2, 0.25) is 0 Å². The Hall–Kier alpha value is -1.24. The predicted octanol–water partition coefficient (Wildman–Crippen LogP) is 2.58. The molecule has 1 fully saturated rings. The van der Waals surface area contributed by atoms with Crippen LogP contribution in [0.5, 0.6) is 0 Å². The maximum absolute atomic E-state index is 13.8. The Kier molecular flexibility index (Phi) is 3.28. The van der Waals surface area contributed by atoms with Crippen LogP contribution in [0.3, 0.4) is 0 Å². The number of alkyl halides is 5. The fraction of sp³-hybridized carbons (Fsp3) is 0.500. The Balaban J connectivity index is 2.53. The molecule has 1 nitrogen and oxygen atoms in total. The van der Waals surface area contributed by atoms with E-state index in [9.17, 15) is 26.3 Å². The van der Waals surface area contributed by atoms with E-state index >= 15 is 0 Å². The highest BCUT2D eigenvalue weighted by Gasteiger charge is 2.74. The molecule has 1 aliphatic rings. The minimum atomic E-state index is -5.64. The Labute approximate surface area is 105 Å². The second-order valence-electron chi connectivity index (χ2n) is 4.65. The van der Waals surface area contributed by atoms with Gasteiger partial charge >= 0.3 is 12.1 Å². The maximum Gasteiger partial charge on any atom is 0.460 e. The highest BCUT2D eigenvalue weighted by molar-refractivity contribution is 5.27. The zero-order valence-corrected chi connectivity index (χ0v) is 9.78. The molecule has 7 heteroatoms. The number of hydrogen-bond acceptors (Lipinski definition) is 0. The van der Waals surface area contributed by atoms with Crippen LogP contribution in [0, 0.1) is 5.82 Å². The maximum atomic E-state index is 13.8. The first kappa shape index (κ1) is 14.2. The monoisotopic (exact) mass is 284 g/mol.